The summed E-state index contributed by atoms with van der Waals surface area (Å²) >= 11 is 5.98. The standard InChI is InChI=1S/C22H25ClF2N6O2/c1-22(2,33)19(25)10-28-21(32)16-8-26-17(6-18(16)30-14-4-3-13(24)5-14)15-9-29-31-11-12(23)7-27-20(15)31/h6-9,11,13-14,19,33H,3-5,10H2,1-2H3,(H,26,30)(H,28,32)/t13?,14?,19-/m1/s1. The third-order valence-corrected chi connectivity index (χ3v) is 5.88. The maximum absolute atomic E-state index is 14.1. The zero-order chi connectivity index (χ0) is 23.8. The molecule has 1 amide bonds. The fraction of sp³-hybridized carbons (Fsp3) is 0.455. The SMILES string of the molecule is CC(C)(O)[C@H](F)CNC(=O)c1cnc(-c2cnn3cc(Cl)cnc23)cc1NC1CCC(F)C1. The van der Waals surface area contributed by atoms with Crippen molar-refractivity contribution in [2.45, 2.75) is 57.1 Å². The summed E-state index contributed by atoms with van der Waals surface area (Å²) in [5.41, 5.74) is 0.719. The number of nitrogens with one attached hydrogen (secondary N) is 2. The number of anilines is 1. The maximum Gasteiger partial charge on any atom is 0.255 e. The molecule has 0 aliphatic heterocycles. The van der Waals surface area contributed by atoms with Gasteiger partial charge in [0, 0.05) is 18.4 Å². The summed E-state index contributed by atoms with van der Waals surface area (Å²) in [6.45, 7) is 2.30. The third-order valence-electron chi connectivity index (χ3n) is 5.69. The first-order chi connectivity index (χ1) is 15.6. The van der Waals surface area contributed by atoms with Crippen LogP contribution in [0.25, 0.3) is 16.9 Å². The molecule has 3 atom stereocenters. The summed E-state index contributed by atoms with van der Waals surface area (Å²) in [5.74, 6) is -0.553. The predicted molar refractivity (Wildman–Crippen MR) is 121 cm³/mol. The molecule has 0 aromatic carbocycles. The van der Waals surface area contributed by atoms with Crippen molar-refractivity contribution in [2.24, 2.45) is 0 Å². The summed E-state index contributed by atoms with van der Waals surface area (Å²) in [7, 11) is 0. The van der Waals surface area contributed by atoms with Crippen LogP contribution >= 0.6 is 11.6 Å². The van der Waals surface area contributed by atoms with Crippen LogP contribution in [0.4, 0.5) is 14.5 Å². The van der Waals surface area contributed by atoms with Gasteiger partial charge in [0.05, 0.1) is 52.1 Å². The minimum Gasteiger partial charge on any atom is -0.387 e. The molecule has 3 aromatic heterocycles. The van der Waals surface area contributed by atoms with E-state index < -0.39 is 23.9 Å². The van der Waals surface area contributed by atoms with Gasteiger partial charge in [-0.15, -0.1) is 0 Å². The van der Waals surface area contributed by atoms with Gasteiger partial charge in [0.15, 0.2) is 5.65 Å². The second-order valence-corrected chi connectivity index (χ2v) is 9.23. The van der Waals surface area contributed by atoms with Crippen LogP contribution in [-0.4, -0.2) is 61.1 Å². The Labute approximate surface area is 194 Å². The molecule has 176 valence electrons. The number of carbonyl (C=O) groups excluding carboxylic acids is 1. The Bertz CT molecular complexity index is 1170. The topological polar surface area (TPSA) is 104 Å². The quantitative estimate of drug-likeness (QED) is 0.479. The molecule has 1 aliphatic carbocycles. The molecule has 0 radical (unpaired) electrons. The first kappa shape index (κ1) is 23.3. The Balaban J connectivity index is 1.65. The molecule has 33 heavy (non-hydrogen) atoms. The molecular weight excluding hydrogens is 454 g/mol. The number of amides is 1. The van der Waals surface area contributed by atoms with Gasteiger partial charge in [-0.2, -0.15) is 5.10 Å². The minimum absolute atomic E-state index is 0.145. The minimum atomic E-state index is -1.65. The van der Waals surface area contributed by atoms with E-state index in [1.807, 2.05) is 0 Å². The summed E-state index contributed by atoms with van der Waals surface area (Å²) in [4.78, 5) is 21.5. The number of aromatic nitrogens is 4. The van der Waals surface area contributed by atoms with Crippen LogP contribution < -0.4 is 10.6 Å². The van der Waals surface area contributed by atoms with E-state index in [1.165, 1.54) is 30.8 Å². The van der Waals surface area contributed by atoms with Gasteiger partial charge in [0.1, 0.15) is 12.3 Å². The molecule has 8 nitrogen and oxygen atoms in total. The van der Waals surface area contributed by atoms with Gasteiger partial charge < -0.3 is 15.7 Å². The second-order valence-electron chi connectivity index (χ2n) is 8.80. The van der Waals surface area contributed by atoms with Crippen molar-refractivity contribution in [3.8, 4) is 11.3 Å². The molecule has 0 saturated heterocycles. The number of aliphatic hydroxyl groups is 1. The highest BCUT2D eigenvalue weighted by molar-refractivity contribution is 6.30. The first-order valence-electron chi connectivity index (χ1n) is 10.7. The highest BCUT2D eigenvalue weighted by Gasteiger charge is 2.29. The largest absolute Gasteiger partial charge is 0.387 e. The van der Waals surface area contributed by atoms with Gasteiger partial charge in [0.2, 0.25) is 0 Å². The molecule has 1 fully saturated rings. The fourth-order valence-corrected chi connectivity index (χ4v) is 3.88. The van der Waals surface area contributed by atoms with E-state index in [9.17, 15) is 18.7 Å². The van der Waals surface area contributed by atoms with Crippen molar-refractivity contribution < 1.29 is 18.7 Å². The van der Waals surface area contributed by atoms with Crippen molar-refractivity contribution in [1.82, 2.24) is 24.9 Å². The monoisotopic (exact) mass is 478 g/mol. The molecule has 4 rings (SSSR count). The highest BCUT2D eigenvalue weighted by Crippen LogP contribution is 2.30. The van der Waals surface area contributed by atoms with Gasteiger partial charge in [-0.25, -0.2) is 18.3 Å². The number of hydrogen-bond acceptors (Lipinski definition) is 6. The van der Waals surface area contributed by atoms with Gasteiger partial charge in [-0.3, -0.25) is 9.78 Å². The molecule has 3 N–H and O–H groups in total. The summed E-state index contributed by atoms with van der Waals surface area (Å²) < 4.78 is 29.4. The van der Waals surface area contributed by atoms with Crippen molar-refractivity contribution in [1.29, 1.82) is 0 Å². The van der Waals surface area contributed by atoms with Gasteiger partial charge in [-0.1, -0.05) is 11.6 Å². The van der Waals surface area contributed by atoms with E-state index in [1.54, 1.807) is 18.5 Å². The van der Waals surface area contributed by atoms with Crippen LogP contribution in [-0.2, 0) is 0 Å². The zero-order valence-electron chi connectivity index (χ0n) is 18.2. The van der Waals surface area contributed by atoms with E-state index in [4.69, 9.17) is 11.6 Å². The van der Waals surface area contributed by atoms with Crippen LogP contribution in [0, 0.1) is 0 Å². The molecule has 3 aromatic rings. The Morgan fingerprint density at radius 3 is 2.82 bits per heavy atom. The highest BCUT2D eigenvalue weighted by atomic mass is 35.5. The molecule has 3 heterocycles. The maximum atomic E-state index is 14.1. The van der Waals surface area contributed by atoms with E-state index in [-0.39, 0.29) is 18.2 Å². The van der Waals surface area contributed by atoms with Crippen molar-refractivity contribution >= 4 is 28.8 Å². The number of hydrogen-bond donors (Lipinski definition) is 3. The van der Waals surface area contributed by atoms with Crippen molar-refractivity contribution in [2.75, 3.05) is 11.9 Å². The molecule has 11 heteroatoms. The lowest BCUT2D eigenvalue weighted by Gasteiger charge is -2.23. The van der Waals surface area contributed by atoms with Gasteiger partial charge >= 0.3 is 0 Å². The number of fused-ring (bicyclic) bond motifs is 1. The first-order valence-corrected chi connectivity index (χ1v) is 11.0. The summed E-state index contributed by atoms with van der Waals surface area (Å²) in [5, 5.41) is 20.2. The number of nitrogens with zero attached hydrogens (tertiary/aromatic N) is 4. The Morgan fingerprint density at radius 2 is 2.12 bits per heavy atom. The lowest BCUT2D eigenvalue weighted by atomic mass is 10.0. The van der Waals surface area contributed by atoms with Crippen LogP contribution in [0.1, 0.15) is 43.5 Å². The smallest absolute Gasteiger partial charge is 0.255 e. The van der Waals surface area contributed by atoms with Crippen LogP contribution in [0.2, 0.25) is 5.02 Å². The van der Waals surface area contributed by atoms with Crippen molar-refractivity contribution in [3.05, 3.63) is 41.4 Å². The molecule has 1 aliphatic rings. The van der Waals surface area contributed by atoms with Gasteiger partial charge in [-0.05, 0) is 39.2 Å². The van der Waals surface area contributed by atoms with E-state index in [2.05, 4.69) is 25.7 Å². The molecular formula is C22H25ClF2N6O2. The van der Waals surface area contributed by atoms with Gasteiger partial charge in [0.25, 0.3) is 5.91 Å². The Morgan fingerprint density at radius 1 is 1.33 bits per heavy atom. The fourth-order valence-electron chi connectivity index (χ4n) is 3.74. The number of carbonyl (C=O) groups is 1. The molecule has 2 unspecified atom stereocenters. The van der Waals surface area contributed by atoms with Crippen LogP contribution in [0.3, 0.4) is 0 Å². The van der Waals surface area contributed by atoms with E-state index in [0.717, 1.165) is 0 Å². The number of alkyl halides is 2. The summed E-state index contributed by atoms with van der Waals surface area (Å²) in [6, 6.07) is 1.53. The Hall–Kier alpha value is -2.85. The average Bonchev–Trinajstić information content (AvgIpc) is 3.36. The number of rotatable bonds is 7. The molecule has 1 saturated carbocycles. The second kappa shape index (κ2) is 9.18. The van der Waals surface area contributed by atoms with E-state index in [0.29, 0.717) is 46.9 Å². The summed E-state index contributed by atoms with van der Waals surface area (Å²) in [6.07, 6.45) is 4.95. The lowest BCUT2D eigenvalue weighted by molar-refractivity contribution is -0.00177. The average molecular weight is 479 g/mol. The number of halogens is 3. The zero-order valence-corrected chi connectivity index (χ0v) is 19.0. The van der Waals surface area contributed by atoms with Crippen LogP contribution in [0.15, 0.2) is 30.9 Å². The Kier molecular flexibility index (Phi) is 6.49. The van der Waals surface area contributed by atoms with Crippen LogP contribution in [0.5, 0.6) is 0 Å². The molecule has 0 bridgehead atoms. The lowest BCUT2D eigenvalue weighted by Crippen LogP contribution is -2.42. The third kappa shape index (κ3) is 5.22. The molecule has 0 spiro atoms. The number of pyridine rings is 1. The van der Waals surface area contributed by atoms with Crippen molar-refractivity contribution in [3.63, 3.8) is 0 Å². The predicted octanol–water partition coefficient (Wildman–Crippen LogP) is 3.59. The van der Waals surface area contributed by atoms with E-state index >= 15 is 0 Å². The normalized spacial score (nSPS) is 19.6.